The van der Waals surface area contributed by atoms with Gasteiger partial charge in [0.1, 0.15) is 6.33 Å². The van der Waals surface area contributed by atoms with E-state index in [0.29, 0.717) is 18.3 Å². The van der Waals surface area contributed by atoms with Crippen LogP contribution in [0.2, 0.25) is 0 Å². The predicted octanol–water partition coefficient (Wildman–Crippen LogP) is 3.05. The highest BCUT2D eigenvalue weighted by Crippen LogP contribution is 2.51. The first-order chi connectivity index (χ1) is 10.00. The second-order valence-electron chi connectivity index (χ2n) is 5.97. The highest BCUT2D eigenvalue weighted by atomic mass is 16.6. The Morgan fingerprint density at radius 1 is 1.33 bits per heavy atom. The van der Waals surface area contributed by atoms with Crippen LogP contribution in [-0.4, -0.2) is 28.0 Å². The topological polar surface area (TPSA) is 93.0 Å². The van der Waals surface area contributed by atoms with Crippen molar-refractivity contribution in [3.8, 4) is 0 Å². The summed E-state index contributed by atoms with van der Waals surface area (Å²) in [5.41, 5.74) is 0.195. The lowest BCUT2D eigenvalue weighted by Gasteiger charge is -2.20. The maximum absolute atomic E-state index is 11.3. The maximum Gasteiger partial charge on any atom is 0.353 e. The lowest BCUT2D eigenvalue weighted by atomic mass is 9.92. The Kier molecular flexibility index (Phi) is 4.59. The molecular weight excluding hydrogens is 270 g/mol. The van der Waals surface area contributed by atoms with Crippen molar-refractivity contribution in [2.75, 3.05) is 23.7 Å². The molecule has 1 heterocycles. The van der Waals surface area contributed by atoms with Gasteiger partial charge in [-0.2, -0.15) is 0 Å². The van der Waals surface area contributed by atoms with Crippen molar-refractivity contribution < 1.29 is 4.92 Å². The molecule has 1 aliphatic carbocycles. The van der Waals surface area contributed by atoms with Gasteiger partial charge < -0.3 is 10.6 Å². The molecule has 2 rings (SSSR count). The van der Waals surface area contributed by atoms with Crippen molar-refractivity contribution >= 4 is 17.3 Å². The van der Waals surface area contributed by atoms with Gasteiger partial charge >= 0.3 is 5.69 Å². The molecule has 0 aliphatic heterocycles. The van der Waals surface area contributed by atoms with Gasteiger partial charge in [0.2, 0.25) is 11.6 Å². The number of anilines is 2. The first kappa shape index (κ1) is 15.5. The van der Waals surface area contributed by atoms with E-state index in [4.69, 9.17) is 0 Å². The molecule has 0 aromatic carbocycles. The molecule has 0 atom stereocenters. The van der Waals surface area contributed by atoms with Crippen LogP contribution in [0.15, 0.2) is 6.33 Å². The van der Waals surface area contributed by atoms with E-state index in [1.165, 1.54) is 6.33 Å². The van der Waals surface area contributed by atoms with E-state index in [2.05, 4.69) is 34.4 Å². The number of nitrogens with zero attached hydrogens (tertiary/aromatic N) is 3. The van der Waals surface area contributed by atoms with Crippen LogP contribution in [0.1, 0.15) is 40.0 Å². The summed E-state index contributed by atoms with van der Waals surface area (Å²) in [5, 5.41) is 17.5. The Morgan fingerprint density at radius 2 is 1.95 bits per heavy atom. The lowest BCUT2D eigenvalue weighted by Crippen LogP contribution is -2.22. The van der Waals surface area contributed by atoms with Crippen molar-refractivity contribution in [3.05, 3.63) is 16.4 Å². The molecule has 0 radical (unpaired) electrons. The number of nitrogens with one attached hydrogen (secondary N) is 2. The molecule has 7 heteroatoms. The van der Waals surface area contributed by atoms with Crippen molar-refractivity contribution in [1.29, 1.82) is 0 Å². The maximum atomic E-state index is 11.3. The molecule has 0 amide bonds. The minimum Gasteiger partial charge on any atom is -0.364 e. The Morgan fingerprint density at radius 3 is 2.43 bits per heavy atom. The summed E-state index contributed by atoms with van der Waals surface area (Å²) in [6.45, 7) is 7.75. The fraction of sp³-hybridized carbons (Fsp3) is 0.714. The van der Waals surface area contributed by atoms with Gasteiger partial charge in [-0.25, -0.2) is 9.97 Å². The van der Waals surface area contributed by atoms with Crippen molar-refractivity contribution in [2.45, 2.75) is 40.0 Å². The molecule has 0 saturated heterocycles. The van der Waals surface area contributed by atoms with E-state index in [0.717, 1.165) is 25.8 Å². The Bertz CT molecular complexity index is 514. The Balaban J connectivity index is 2.16. The van der Waals surface area contributed by atoms with Crippen LogP contribution in [0, 0.1) is 21.4 Å². The number of rotatable bonds is 8. The third-order valence-corrected chi connectivity index (χ3v) is 4.27. The molecule has 1 aliphatic rings. The average Bonchev–Trinajstić information content (AvgIpc) is 3.23. The smallest absolute Gasteiger partial charge is 0.353 e. The average molecular weight is 293 g/mol. The van der Waals surface area contributed by atoms with E-state index in [-0.39, 0.29) is 16.9 Å². The van der Waals surface area contributed by atoms with Crippen molar-refractivity contribution in [1.82, 2.24) is 9.97 Å². The Labute approximate surface area is 124 Å². The van der Waals surface area contributed by atoms with E-state index >= 15 is 0 Å². The van der Waals surface area contributed by atoms with Gasteiger partial charge in [-0.15, -0.1) is 0 Å². The third-order valence-electron chi connectivity index (χ3n) is 4.27. The first-order valence-corrected chi connectivity index (χ1v) is 7.47. The molecule has 21 heavy (non-hydrogen) atoms. The summed E-state index contributed by atoms with van der Waals surface area (Å²) in [7, 11) is 0. The summed E-state index contributed by atoms with van der Waals surface area (Å²) in [5.74, 6) is 1.15. The van der Waals surface area contributed by atoms with Crippen LogP contribution >= 0.6 is 0 Å². The summed E-state index contributed by atoms with van der Waals surface area (Å²) >= 11 is 0. The van der Waals surface area contributed by atoms with Gasteiger partial charge in [0.05, 0.1) is 4.92 Å². The van der Waals surface area contributed by atoms with Crippen LogP contribution in [0.5, 0.6) is 0 Å². The van der Waals surface area contributed by atoms with Crippen LogP contribution in [0.3, 0.4) is 0 Å². The van der Waals surface area contributed by atoms with E-state index < -0.39 is 4.92 Å². The van der Waals surface area contributed by atoms with Crippen LogP contribution in [0.4, 0.5) is 17.3 Å². The summed E-state index contributed by atoms with van der Waals surface area (Å²) < 4.78 is 0. The van der Waals surface area contributed by atoms with E-state index in [9.17, 15) is 10.1 Å². The Hall–Kier alpha value is -1.92. The van der Waals surface area contributed by atoms with Crippen molar-refractivity contribution in [3.63, 3.8) is 0 Å². The second-order valence-corrected chi connectivity index (χ2v) is 5.97. The minimum absolute atomic E-state index is 0.0643. The van der Waals surface area contributed by atoms with Gasteiger partial charge in [0.25, 0.3) is 0 Å². The summed E-state index contributed by atoms with van der Waals surface area (Å²) in [4.78, 5) is 18.9. The fourth-order valence-corrected chi connectivity index (χ4v) is 2.43. The zero-order valence-corrected chi connectivity index (χ0v) is 12.8. The zero-order valence-electron chi connectivity index (χ0n) is 12.8. The predicted molar refractivity (Wildman–Crippen MR) is 82.5 cm³/mol. The zero-order chi connectivity index (χ0) is 15.5. The molecule has 0 unspecified atom stereocenters. The van der Waals surface area contributed by atoms with E-state index in [1.54, 1.807) is 0 Å². The standard InChI is InChI=1S/C14H23N5O2/c1-4-7-15-12-11(19(20)21)13(18-9-17-12)16-8-14(5-6-14)10(2)3/h9-10H,4-8H2,1-3H3,(H2,15,16,17,18). The number of hydrogen-bond donors (Lipinski definition) is 2. The van der Waals surface area contributed by atoms with Gasteiger partial charge in [-0.05, 0) is 30.6 Å². The molecule has 0 bridgehead atoms. The normalized spacial score (nSPS) is 15.8. The summed E-state index contributed by atoms with van der Waals surface area (Å²) in [6, 6.07) is 0. The number of hydrogen-bond acceptors (Lipinski definition) is 6. The minimum atomic E-state index is -0.421. The molecule has 0 spiro atoms. The molecule has 1 saturated carbocycles. The molecule has 1 aromatic heterocycles. The molecule has 2 N–H and O–H groups in total. The van der Waals surface area contributed by atoms with Gasteiger partial charge in [-0.3, -0.25) is 10.1 Å². The van der Waals surface area contributed by atoms with Gasteiger partial charge in [0.15, 0.2) is 0 Å². The number of nitro groups is 1. The lowest BCUT2D eigenvalue weighted by molar-refractivity contribution is -0.383. The fourth-order valence-electron chi connectivity index (χ4n) is 2.43. The van der Waals surface area contributed by atoms with Crippen LogP contribution < -0.4 is 10.6 Å². The highest BCUT2D eigenvalue weighted by molar-refractivity contribution is 5.69. The van der Waals surface area contributed by atoms with Crippen molar-refractivity contribution in [2.24, 2.45) is 11.3 Å². The van der Waals surface area contributed by atoms with Gasteiger partial charge in [0, 0.05) is 13.1 Å². The van der Waals surface area contributed by atoms with Gasteiger partial charge in [-0.1, -0.05) is 20.8 Å². The number of aromatic nitrogens is 2. The molecule has 116 valence electrons. The highest BCUT2D eigenvalue weighted by Gasteiger charge is 2.45. The summed E-state index contributed by atoms with van der Waals surface area (Å²) in [6.07, 6.45) is 4.57. The van der Waals surface area contributed by atoms with Crippen LogP contribution in [0.25, 0.3) is 0 Å². The third kappa shape index (κ3) is 3.40. The first-order valence-electron chi connectivity index (χ1n) is 7.47. The largest absolute Gasteiger partial charge is 0.364 e. The SMILES string of the molecule is CCCNc1ncnc(NCC2(C(C)C)CC2)c1[N+](=O)[O-]. The quantitative estimate of drug-likeness (QED) is 0.565. The molecule has 1 fully saturated rings. The van der Waals surface area contributed by atoms with E-state index in [1.807, 2.05) is 6.92 Å². The molecule has 1 aromatic rings. The molecular formula is C14H23N5O2. The molecule has 7 nitrogen and oxygen atoms in total. The second kappa shape index (κ2) is 6.24. The monoisotopic (exact) mass is 293 g/mol. The van der Waals surface area contributed by atoms with Crippen LogP contribution in [-0.2, 0) is 0 Å².